The van der Waals surface area contributed by atoms with E-state index in [0.717, 1.165) is 5.56 Å². The van der Waals surface area contributed by atoms with Gasteiger partial charge in [-0.25, -0.2) is 0 Å². The predicted octanol–water partition coefficient (Wildman–Crippen LogP) is 5.52. The number of nitrogens with zero attached hydrogens (tertiary/aromatic N) is 1. The summed E-state index contributed by atoms with van der Waals surface area (Å²) in [6, 6.07) is 15.8. The molecule has 0 aliphatic heterocycles. The van der Waals surface area contributed by atoms with Crippen LogP contribution in [0.15, 0.2) is 78.0 Å². The Labute approximate surface area is 163 Å². The maximum Gasteiger partial charge on any atom is 0.446 e. The molecule has 144 valence electrons. The molecule has 0 radical (unpaired) electrons. The lowest BCUT2D eigenvalue weighted by molar-refractivity contribution is -0.0328. The zero-order chi connectivity index (χ0) is 20.0. The van der Waals surface area contributed by atoms with E-state index in [9.17, 15) is 18.0 Å². The van der Waals surface area contributed by atoms with Crippen LogP contribution in [0.3, 0.4) is 0 Å². The van der Waals surface area contributed by atoms with E-state index in [-0.39, 0.29) is 22.2 Å². The molecular formula is C20H15F3N2O2S. The van der Waals surface area contributed by atoms with Gasteiger partial charge in [0, 0.05) is 40.2 Å². The van der Waals surface area contributed by atoms with Crippen LogP contribution in [0.1, 0.15) is 15.9 Å². The van der Waals surface area contributed by atoms with Crippen LogP contribution in [0.5, 0.6) is 5.75 Å². The molecule has 0 spiro atoms. The van der Waals surface area contributed by atoms with Crippen molar-refractivity contribution in [3.8, 4) is 5.75 Å². The van der Waals surface area contributed by atoms with Crippen LogP contribution in [-0.4, -0.2) is 16.4 Å². The molecule has 8 heteroatoms. The van der Waals surface area contributed by atoms with Gasteiger partial charge in [-0.3, -0.25) is 9.78 Å². The van der Waals surface area contributed by atoms with Crippen LogP contribution in [0.25, 0.3) is 0 Å². The van der Waals surface area contributed by atoms with Gasteiger partial charge in [-0.15, -0.1) is 0 Å². The first-order valence-electron chi connectivity index (χ1n) is 8.18. The van der Waals surface area contributed by atoms with Gasteiger partial charge in [-0.1, -0.05) is 12.1 Å². The molecule has 1 N–H and O–H groups in total. The Morgan fingerprint density at radius 1 is 1.07 bits per heavy atom. The molecule has 0 unspecified atom stereocenters. The SMILES string of the molecule is O=C(Nc1cccc(OCc2cccnc2)c1)c1ccc(SC(F)(F)F)cc1. The van der Waals surface area contributed by atoms with Gasteiger partial charge in [0.15, 0.2) is 0 Å². The number of ether oxygens (including phenoxy) is 1. The number of hydrogen-bond donors (Lipinski definition) is 1. The first-order valence-corrected chi connectivity index (χ1v) is 9.00. The van der Waals surface area contributed by atoms with Crippen molar-refractivity contribution in [1.82, 2.24) is 4.98 Å². The van der Waals surface area contributed by atoms with Gasteiger partial charge >= 0.3 is 5.51 Å². The lowest BCUT2D eigenvalue weighted by atomic mass is 10.2. The normalized spacial score (nSPS) is 11.1. The second kappa shape index (κ2) is 8.79. The highest BCUT2D eigenvalue weighted by molar-refractivity contribution is 8.00. The minimum absolute atomic E-state index is 0.0230. The van der Waals surface area contributed by atoms with E-state index in [1.54, 1.807) is 36.7 Å². The second-order valence-electron chi connectivity index (χ2n) is 5.70. The van der Waals surface area contributed by atoms with Crippen LogP contribution in [-0.2, 0) is 6.61 Å². The molecule has 0 saturated heterocycles. The number of aromatic nitrogens is 1. The van der Waals surface area contributed by atoms with Crippen molar-refractivity contribution in [3.63, 3.8) is 0 Å². The summed E-state index contributed by atoms with van der Waals surface area (Å²) in [5.41, 5.74) is -2.68. The smallest absolute Gasteiger partial charge is 0.446 e. The Bertz CT molecular complexity index is 932. The average Bonchev–Trinajstić information content (AvgIpc) is 2.67. The summed E-state index contributed by atoms with van der Waals surface area (Å²) >= 11 is -0.222. The number of rotatable bonds is 6. The fraction of sp³-hybridized carbons (Fsp3) is 0.100. The molecule has 1 aromatic heterocycles. The summed E-state index contributed by atoms with van der Waals surface area (Å²) < 4.78 is 42.8. The zero-order valence-corrected chi connectivity index (χ0v) is 15.3. The molecule has 0 saturated carbocycles. The summed E-state index contributed by atoms with van der Waals surface area (Å²) in [7, 11) is 0. The van der Waals surface area contributed by atoms with Gasteiger partial charge in [0.1, 0.15) is 12.4 Å². The molecule has 3 aromatic rings. The number of pyridine rings is 1. The third-order valence-corrected chi connectivity index (χ3v) is 4.31. The monoisotopic (exact) mass is 404 g/mol. The highest BCUT2D eigenvalue weighted by Crippen LogP contribution is 2.36. The molecule has 28 heavy (non-hydrogen) atoms. The molecule has 3 rings (SSSR count). The van der Waals surface area contributed by atoms with Crippen molar-refractivity contribution in [2.24, 2.45) is 0 Å². The minimum Gasteiger partial charge on any atom is -0.489 e. The average molecular weight is 404 g/mol. The molecular weight excluding hydrogens is 389 g/mol. The number of nitrogens with one attached hydrogen (secondary N) is 1. The minimum atomic E-state index is -4.36. The quantitative estimate of drug-likeness (QED) is 0.549. The van der Waals surface area contributed by atoms with E-state index in [0.29, 0.717) is 18.0 Å². The summed E-state index contributed by atoms with van der Waals surface area (Å²) in [5.74, 6) is 0.145. The van der Waals surface area contributed by atoms with Crippen molar-refractivity contribution in [2.75, 3.05) is 5.32 Å². The van der Waals surface area contributed by atoms with Gasteiger partial charge in [-0.2, -0.15) is 13.2 Å². The first kappa shape index (κ1) is 19.8. The number of anilines is 1. The third-order valence-electron chi connectivity index (χ3n) is 3.57. The van der Waals surface area contributed by atoms with Crippen LogP contribution in [0.4, 0.5) is 18.9 Å². The Kier molecular flexibility index (Phi) is 6.20. The van der Waals surface area contributed by atoms with Crippen molar-refractivity contribution >= 4 is 23.4 Å². The van der Waals surface area contributed by atoms with Gasteiger partial charge in [0.2, 0.25) is 0 Å². The number of carbonyl (C=O) groups excluding carboxylic acids is 1. The van der Waals surface area contributed by atoms with Crippen LogP contribution >= 0.6 is 11.8 Å². The number of alkyl halides is 3. The standard InChI is InChI=1S/C20H15F3N2O2S/c21-20(22,23)28-18-8-6-15(7-9-18)19(26)25-16-4-1-5-17(11-16)27-13-14-3-2-10-24-12-14/h1-12H,13H2,(H,25,26). The number of hydrogen-bond acceptors (Lipinski definition) is 4. The predicted molar refractivity (Wildman–Crippen MR) is 101 cm³/mol. The topological polar surface area (TPSA) is 51.2 Å². The van der Waals surface area contributed by atoms with E-state index >= 15 is 0 Å². The van der Waals surface area contributed by atoms with Gasteiger partial charge in [0.25, 0.3) is 5.91 Å². The number of carbonyl (C=O) groups is 1. The maximum atomic E-state index is 12.4. The molecule has 1 heterocycles. The van der Waals surface area contributed by atoms with Crippen molar-refractivity contribution in [3.05, 3.63) is 84.2 Å². The third kappa shape index (κ3) is 6.02. The molecule has 0 aliphatic rings. The summed E-state index contributed by atoms with van der Waals surface area (Å²) in [6.07, 6.45) is 3.38. The van der Waals surface area contributed by atoms with Gasteiger partial charge in [-0.05, 0) is 54.2 Å². The van der Waals surface area contributed by atoms with E-state index in [1.165, 1.54) is 24.3 Å². The number of benzene rings is 2. The van der Waals surface area contributed by atoms with Gasteiger partial charge < -0.3 is 10.1 Å². The van der Waals surface area contributed by atoms with Crippen LogP contribution < -0.4 is 10.1 Å². The van der Waals surface area contributed by atoms with E-state index < -0.39 is 11.4 Å². The largest absolute Gasteiger partial charge is 0.489 e. The van der Waals surface area contributed by atoms with E-state index in [4.69, 9.17) is 4.74 Å². The summed E-state index contributed by atoms with van der Waals surface area (Å²) in [5, 5.41) is 2.70. The molecule has 0 bridgehead atoms. The van der Waals surface area contributed by atoms with Crippen LogP contribution in [0.2, 0.25) is 0 Å². The molecule has 1 amide bonds. The number of thioether (sulfide) groups is 1. The Morgan fingerprint density at radius 3 is 2.54 bits per heavy atom. The fourth-order valence-corrected chi connectivity index (χ4v) is 2.86. The number of amides is 1. The maximum absolute atomic E-state index is 12.4. The molecule has 2 aromatic carbocycles. The Morgan fingerprint density at radius 2 is 1.86 bits per heavy atom. The highest BCUT2D eigenvalue weighted by atomic mass is 32.2. The Balaban J connectivity index is 1.61. The van der Waals surface area contributed by atoms with Crippen molar-refractivity contribution < 1.29 is 22.7 Å². The first-order chi connectivity index (χ1) is 13.4. The summed E-state index contributed by atoms with van der Waals surface area (Å²) in [6.45, 7) is 0.337. The van der Waals surface area contributed by atoms with Crippen molar-refractivity contribution in [1.29, 1.82) is 0 Å². The molecule has 0 fully saturated rings. The lowest BCUT2D eigenvalue weighted by Gasteiger charge is -2.10. The molecule has 0 atom stereocenters. The van der Waals surface area contributed by atoms with Gasteiger partial charge in [0.05, 0.1) is 0 Å². The van der Waals surface area contributed by atoms with Crippen molar-refractivity contribution in [2.45, 2.75) is 17.0 Å². The molecule has 0 aliphatic carbocycles. The summed E-state index contributed by atoms with van der Waals surface area (Å²) in [4.78, 5) is 16.3. The lowest BCUT2D eigenvalue weighted by Crippen LogP contribution is -2.11. The van der Waals surface area contributed by atoms with E-state index in [1.807, 2.05) is 12.1 Å². The number of halogens is 3. The van der Waals surface area contributed by atoms with Crippen LogP contribution in [0, 0.1) is 0 Å². The van der Waals surface area contributed by atoms with E-state index in [2.05, 4.69) is 10.3 Å². The zero-order valence-electron chi connectivity index (χ0n) is 14.4. The Hall–Kier alpha value is -3.00. The fourth-order valence-electron chi connectivity index (χ4n) is 2.33. The highest BCUT2D eigenvalue weighted by Gasteiger charge is 2.29. The molecule has 4 nitrogen and oxygen atoms in total. The second-order valence-corrected chi connectivity index (χ2v) is 6.84.